The second-order valence-electron chi connectivity index (χ2n) is 6.84. The van der Waals surface area contributed by atoms with Gasteiger partial charge in [0, 0.05) is 13.0 Å². The molecule has 0 radical (unpaired) electrons. The van der Waals surface area contributed by atoms with Crippen molar-refractivity contribution in [2.24, 2.45) is 0 Å². The Kier molecular flexibility index (Phi) is 3.82. The van der Waals surface area contributed by atoms with Gasteiger partial charge in [0.2, 0.25) is 11.8 Å². The van der Waals surface area contributed by atoms with Crippen LogP contribution in [-0.2, 0) is 11.0 Å². The third kappa shape index (κ3) is 2.35. The number of alkyl halides is 3. The lowest BCUT2D eigenvalue weighted by atomic mass is 10.1. The second kappa shape index (κ2) is 5.89. The van der Waals surface area contributed by atoms with E-state index in [1.165, 1.54) is 16.7 Å². The summed E-state index contributed by atoms with van der Waals surface area (Å²) in [5.41, 5.74) is -2.38. The Morgan fingerprint density at radius 2 is 2.11 bits per heavy atom. The lowest BCUT2D eigenvalue weighted by molar-refractivity contribution is -0.137. The van der Waals surface area contributed by atoms with Gasteiger partial charge in [0.1, 0.15) is 5.69 Å². The Morgan fingerprint density at radius 3 is 2.71 bits per heavy atom. The molecule has 1 saturated heterocycles. The van der Waals surface area contributed by atoms with E-state index in [0.717, 1.165) is 10.6 Å². The highest BCUT2D eigenvalue weighted by Gasteiger charge is 2.48. The quantitative estimate of drug-likeness (QED) is 0.850. The first-order valence-corrected chi connectivity index (χ1v) is 8.66. The molecule has 1 N–H and O–H groups in total. The van der Waals surface area contributed by atoms with Crippen LogP contribution in [0.1, 0.15) is 48.7 Å². The molecule has 4 rings (SSSR count). The molecule has 2 aliphatic rings. The van der Waals surface area contributed by atoms with Crippen LogP contribution in [0.3, 0.4) is 0 Å². The molecule has 0 spiro atoms. The van der Waals surface area contributed by atoms with Gasteiger partial charge in [0.25, 0.3) is 0 Å². The maximum absolute atomic E-state index is 13.3. The number of carbonyl (C=O) groups excluding carboxylic acids is 1. The van der Waals surface area contributed by atoms with Gasteiger partial charge < -0.3 is 10.0 Å². The first-order valence-electron chi connectivity index (χ1n) is 8.66. The van der Waals surface area contributed by atoms with Gasteiger partial charge in [-0.1, -0.05) is 6.92 Å². The predicted molar refractivity (Wildman–Crippen MR) is 89.8 cm³/mol. The number of fused-ring (bicyclic) bond motifs is 5. The van der Waals surface area contributed by atoms with Crippen molar-refractivity contribution in [3.63, 3.8) is 0 Å². The average Bonchev–Trinajstić information content (AvgIpc) is 3.31. The van der Waals surface area contributed by atoms with E-state index < -0.39 is 34.9 Å². The van der Waals surface area contributed by atoms with Crippen molar-refractivity contribution in [3.8, 4) is 17.6 Å². The first-order chi connectivity index (χ1) is 13.2. The van der Waals surface area contributed by atoms with Gasteiger partial charge in [-0.2, -0.15) is 18.4 Å². The molecule has 7 nitrogen and oxygen atoms in total. The number of hydrogen-bond donors (Lipinski definition) is 1. The van der Waals surface area contributed by atoms with Crippen LogP contribution in [0.25, 0.3) is 5.69 Å². The number of amides is 1. The molecule has 3 heterocycles. The third-order valence-corrected chi connectivity index (χ3v) is 5.37. The zero-order valence-electron chi connectivity index (χ0n) is 14.7. The molecule has 0 aliphatic carbocycles. The topological polar surface area (TPSA) is 91.3 Å². The van der Waals surface area contributed by atoms with Crippen LogP contribution in [0.5, 0.6) is 5.88 Å². The van der Waals surface area contributed by atoms with Crippen molar-refractivity contribution in [1.82, 2.24) is 14.0 Å². The number of aromatic hydroxyl groups is 1. The highest BCUT2D eigenvalue weighted by molar-refractivity contribution is 5.77. The van der Waals surface area contributed by atoms with E-state index in [4.69, 9.17) is 5.26 Å². The van der Waals surface area contributed by atoms with Crippen LogP contribution >= 0.6 is 0 Å². The second-order valence-corrected chi connectivity index (χ2v) is 6.84. The number of carbonyl (C=O) groups is 1. The van der Waals surface area contributed by atoms with Crippen LogP contribution in [-0.4, -0.2) is 31.6 Å². The molecule has 1 fully saturated rings. The summed E-state index contributed by atoms with van der Waals surface area (Å²) in [5, 5.41) is 19.6. The molecule has 1 aromatic carbocycles. The predicted octanol–water partition coefficient (Wildman–Crippen LogP) is 2.47. The Labute approximate surface area is 156 Å². The molecular formula is C18H15F3N4O3. The summed E-state index contributed by atoms with van der Waals surface area (Å²) in [6, 6.07) is 3.50. The van der Waals surface area contributed by atoms with E-state index in [0.29, 0.717) is 19.0 Å². The Balaban J connectivity index is 1.87. The van der Waals surface area contributed by atoms with E-state index in [1.807, 2.05) is 0 Å². The third-order valence-electron chi connectivity index (χ3n) is 5.37. The number of likely N-dealkylation sites (tertiary alicyclic amines) is 1. The Morgan fingerprint density at radius 1 is 1.39 bits per heavy atom. The van der Waals surface area contributed by atoms with Crippen molar-refractivity contribution in [3.05, 3.63) is 45.5 Å². The first kappa shape index (κ1) is 18.2. The summed E-state index contributed by atoms with van der Waals surface area (Å²) < 4.78 is 41.9. The van der Waals surface area contributed by atoms with Crippen LogP contribution in [0.4, 0.5) is 13.2 Å². The highest BCUT2D eigenvalue weighted by Crippen LogP contribution is 2.48. The van der Waals surface area contributed by atoms with Crippen LogP contribution in [0.2, 0.25) is 0 Å². The maximum atomic E-state index is 13.3. The largest absolute Gasteiger partial charge is 0.493 e. The minimum Gasteiger partial charge on any atom is -0.493 e. The van der Waals surface area contributed by atoms with Gasteiger partial charge in [-0.3, -0.25) is 9.36 Å². The Hall–Kier alpha value is -3.22. The smallest absolute Gasteiger partial charge is 0.417 e. The van der Waals surface area contributed by atoms with Crippen LogP contribution in [0.15, 0.2) is 23.0 Å². The number of halogens is 3. The van der Waals surface area contributed by atoms with Crippen molar-refractivity contribution in [2.75, 3.05) is 6.54 Å². The van der Waals surface area contributed by atoms with Gasteiger partial charge in [-0.15, -0.1) is 0 Å². The molecule has 2 bridgehead atoms. The van der Waals surface area contributed by atoms with Gasteiger partial charge in [0.15, 0.2) is 0 Å². The summed E-state index contributed by atoms with van der Waals surface area (Å²) >= 11 is 0. The highest BCUT2D eigenvalue weighted by atomic mass is 19.4. The number of rotatable bonds is 2. The van der Waals surface area contributed by atoms with Crippen molar-refractivity contribution in [2.45, 2.75) is 38.0 Å². The molecule has 28 heavy (non-hydrogen) atoms. The number of aromatic nitrogens is 2. The summed E-state index contributed by atoms with van der Waals surface area (Å²) in [5.74, 6) is -0.597. The van der Waals surface area contributed by atoms with Gasteiger partial charge in [-0.05, 0) is 24.6 Å². The molecule has 2 aromatic rings. The molecule has 1 aromatic heterocycles. The lowest BCUT2D eigenvalue weighted by Crippen LogP contribution is -2.37. The summed E-state index contributed by atoms with van der Waals surface area (Å²) in [7, 11) is 0. The molecule has 0 unspecified atom stereocenters. The summed E-state index contributed by atoms with van der Waals surface area (Å²) in [4.78, 5) is 26.5. The monoisotopic (exact) mass is 392 g/mol. The van der Waals surface area contributed by atoms with Crippen molar-refractivity contribution < 1.29 is 23.1 Å². The molecule has 10 heteroatoms. The van der Waals surface area contributed by atoms with E-state index >= 15 is 0 Å². The fraction of sp³-hybridized carbons (Fsp3) is 0.389. The van der Waals surface area contributed by atoms with Gasteiger partial charge in [0.05, 0.1) is 35.0 Å². The average molecular weight is 392 g/mol. The summed E-state index contributed by atoms with van der Waals surface area (Å²) in [6.45, 7) is 2.04. The zero-order valence-corrected chi connectivity index (χ0v) is 14.7. The molecule has 146 valence electrons. The fourth-order valence-corrected chi connectivity index (χ4v) is 4.16. The van der Waals surface area contributed by atoms with E-state index in [1.54, 1.807) is 11.8 Å². The van der Waals surface area contributed by atoms with E-state index in [-0.39, 0.29) is 29.8 Å². The molecule has 1 amide bonds. The number of hydrogen-bond acceptors (Lipinski definition) is 4. The van der Waals surface area contributed by atoms with Gasteiger partial charge in [-0.25, -0.2) is 9.36 Å². The van der Waals surface area contributed by atoms with Crippen molar-refractivity contribution in [1.29, 1.82) is 5.26 Å². The minimum atomic E-state index is -4.79. The normalized spacial score (nSPS) is 20.3. The van der Waals surface area contributed by atoms with Gasteiger partial charge >= 0.3 is 11.9 Å². The molecule has 0 saturated carbocycles. The zero-order chi connectivity index (χ0) is 20.4. The lowest BCUT2D eigenvalue weighted by Gasteiger charge is -2.27. The molecule has 2 aliphatic heterocycles. The fourth-order valence-electron chi connectivity index (χ4n) is 4.16. The maximum Gasteiger partial charge on any atom is 0.417 e. The molecular weight excluding hydrogens is 377 g/mol. The standard InChI is InChI=1S/C18H15F3N4O3/c1-2-14(26)23-8-11-6-13(23)15-16(27)25(17(28)24(11)15)10-4-3-9(7-22)12(5-10)18(19,20)21/h3-5,11,13,27H,2,6,8H2,1H3/t11-,13-/m0/s1. The van der Waals surface area contributed by atoms with Crippen LogP contribution < -0.4 is 5.69 Å². The molecule has 2 atom stereocenters. The minimum absolute atomic E-state index is 0.115. The Bertz CT molecular complexity index is 1090. The number of nitriles is 1. The SMILES string of the molecule is CCC(=O)N1C[C@@H]2C[C@H]1c1c(O)n(-c3ccc(C#N)c(C(F)(F)F)c3)c(=O)n12. The van der Waals surface area contributed by atoms with Crippen LogP contribution in [0, 0.1) is 11.3 Å². The number of imidazole rings is 1. The summed E-state index contributed by atoms with van der Waals surface area (Å²) in [6.07, 6.45) is -4.02. The number of benzene rings is 1. The van der Waals surface area contributed by atoms with E-state index in [9.17, 15) is 27.9 Å². The van der Waals surface area contributed by atoms with Crippen molar-refractivity contribution >= 4 is 5.91 Å². The number of nitrogens with zero attached hydrogens (tertiary/aromatic N) is 4. The van der Waals surface area contributed by atoms with E-state index in [2.05, 4.69) is 0 Å².